The summed E-state index contributed by atoms with van der Waals surface area (Å²) in [5, 5.41) is 3.12. The van der Waals surface area contributed by atoms with E-state index in [2.05, 4.69) is 32.3 Å². The van der Waals surface area contributed by atoms with Crippen molar-refractivity contribution in [3.63, 3.8) is 0 Å². The fourth-order valence-electron chi connectivity index (χ4n) is 3.60. The van der Waals surface area contributed by atoms with Crippen LogP contribution in [-0.2, 0) is 6.54 Å². The Bertz CT molecular complexity index is 836. The quantitative estimate of drug-likeness (QED) is 0.356. The Hall–Kier alpha value is -2.23. The normalized spacial score (nSPS) is 16.8. The zero-order valence-electron chi connectivity index (χ0n) is 17.2. The highest BCUT2D eigenvalue weighted by atomic mass is 127. The summed E-state index contributed by atoms with van der Waals surface area (Å²) >= 11 is 0. The molecule has 0 unspecified atom stereocenters. The van der Waals surface area contributed by atoms with Gasteiger partial charge < -0.3 is 25.4 Å². The second-order valence-corrected chi connectivity index (χ2v) is 7.46. The average Bonchev–Trinajstić information content (AvgIpc) is 3.15. The fraction of sp³-hybridized carbons (Fsp3) is 0.455. The van der Waals surface area contributed by atoms with Gasteiger partial charge in [0.2, 0.25) is 0 Å². The molecule has 1 aromatic carbocycles. The number of hydrogen-bond acceptors (Lipinski definition) is 5. The lowest BCUT2D eigenvalue weighted by Crippen LogP contribution is -2.24. The molecule has 4 rings (SSSR count). The van der Waals surface area contributed by atoms with E-state index in [4.69, 9.17) is 15.2 Å². The molecular weight excluding hydrogens is 493 g/mol. The predicted octanol–water partition coefficient (Wildman–Crippen LogP) is 4.17. The summed E-state index contributed by atoms with van der Waals surface area (Å²) in [6.45, 7) is 4.00. The summed E-state index contributed by atoms with van der Waals surface area (Å²) in [5.74, 6) is 2.90. The number of rotatable bonds is 4. The average molecular weight is 523 g/mol. The van der Waals surface area contributed by atoms with Crippen LogP contribution in [0.15, 0.2) is 41.5 Å². The predicted molar refractivity (Wildman–Crippen MR) is 131 cm³/mol. The Morgan fingerprint density at radius 2 is 1.77 bits per heavy atom. The maximum absolute atomic E-state index is 6.06. The lowest BCUT2D eigenvalue weighted by Gasteiger charge is -2.21. The number of ether oxygens (including phenoxy) is 2. The van der Waals surface area contributed by atoms with Crippen molar-refractivity contribution in [3.05, 3.63) is 42.1 Å². The van der Waals surface area contributed by atoms with E-state index in [-0.39, 0.29) is 24.0 Å². The topological polar surface area (TPSA) is 85.0 Å². The van der Waals surface area contributed by atoms with Gasteiger partial charge in [-0.25, -0.2) is 9.98 Å². The molecule has 1 aromatic heterocycles. The van der Waals surface area contributed by atoms with E-state index in [0.29, 0.717) is 25.7 Å². The smallest absolute Gasteiger partial charge is 0.193 e. The standard InChI is InChI=1S/C22H29N5O2.HI/c23-22(26-18-7-8-19-20(14-18)29-13-5-12-28-19)25-16-17-6-9-21(24-15-17)27-10-3-1-2-4-11-27;/h6-9,14-15H,1-5,10-13,16H2,(H3,23,25,26);1H. The molecule has 0 bridgehead atoms. The number of hydrogen-bond donors (Lipinski definition) is 2. The highest BCUT2D eigenvalue weighted by Gasteiger charge is 2.12. The first-order valence-electron chi connectivity index (χ1n) is 10.4. The Balaban J connectivity index is 0.00000256. The highest BCUT2D eigenvalue weighted by Crippen LogP contribution is 2.32. The molecule has 2 aromatic rings. The van der Waals surface area contributed by atoms with Gasteiger partial charge >= 0.3 is 0 Å². The minimum absolute atomic E-state index is 0. The number of halogens is 1. The Labute approximate surface area is 195 Å². The van der Waals surface area contributed by atoms with Crippen molar-refractivity contribution >= 4 is 41.4 Å². The molecule has 2 aliphatic heterocycles. The molecule has 0 amide bonds. The maximum atomic E-state index is 6.06. The van der Waals surface area contributed by atoms with Crippen molar-refractivity contribution in [2.75, 3.05) is 36.5 Å². The van der Waals surface area contributed by atoms with Gasteiger partial charge in [-0.1, -0.05) is 18.9 Å². The van der Waals surface area contributed by atoms with Crippen molar-refractivity contribution in [1.29, 1.82) is 0 Å². The zero-order chi connectivity index (χ0) is 19.9. The van der Waals surface area contributed by atoms with E-state index in [9.17, 15) is 0 Å². The van der Waals surface area contributed by atoms with Crippen LogP contribution in [0.5, 0.6) is 11.5 Å². The highest BCUT2D eigenvalue weighted by molar-refractivity contribution is 14.0. The van der Waals surface area contributed by atoms with Crippen LogP contribution in [0.3, 0.4) is 0 Å². The van der Waals surface area contributed by atoms with Gasteiger partial charge in [0.1, 0.15) is 5.82 Å². The van der Waals surface area contributed by atoms with Crippen molar-refractivity contribution in [2.24, 2.45) is 10.7 Å². The molecule has 0 aliphatic carbocycles. The summed E-state index contributed by atoms with van der Waals surface area (Å²) in [6.07, 6.45) is 7.90. The number of pyridine rings is 1. The monoisotopic (exact) mass is 523 g/mol. The van der Waals surface area contributed by atoms with Gasteiger partial charge in [0, 0.05) is 37.5 Å². The van der Waals surface area contributed by atoms with Crippen LogP contribution in [0.2, 0.25) is 0 Å². The molecule has 30 heavy (non-hydrogen) atoms. The van der Waals surface area contributed by atoms with E-state index in [0.717, 1.165) is 48.1 Å². The summed E-state index contributed by atoms with van der Waals surface area (Å²) < 4.78 is 11.4. The van der Waals surface area contributed by atoms with Crippen LogP contribution >= 0.6 is 24.0 Å². The zero-order valence-corrected chi connectivity index (χ0v) is 19.5. The number of nitrogens with two attached hydrogens (primary N) is 1. The number of aromatic nitrogens is 1. The van der Waals surface area contributed by atoms with Crippen LogP contribution in [0, 0.1) is 0 Å². The molecule has 1 fully saturated rings. The van der Waals surface area contributed by atoms with Crippen LogP contribution in [0.1, 0.15) is 37.7 Å². The number of guanidine groups is 1. The van der Waals surface area contributed by atoms with Gasteiger partial charge in [-0.2, -0.15) is 0 Å². The van der Waals surface area contributed by atoms with Gasteiger partial charge in [-0.3, -0.25) is 0 Å². The first kappa shape index (κ1) is 22.5. The molecule has 8 heteroatoms. The third-order valence-electron chi connectivity index (χ3n) is 5.19. The second kappa shape index (κ2) is 11.2. The fourth-order valence-corrected chi connectivity index (χ4v) is 3.60. The van der Waals surface area contributed by atoms with E-state index in [1.54, 1.807) is 0 Å². The summed E-state index contributed by atoms with van der Waals surface area (Å²) in [4.78, 5) is 11.4. The van der Waals surface area contributed by atoms with Gasteiger partial charge in [-0.15, -0.1) is 24.0 Å². The number of nitrogens with one attached hydrogen (secondary N) is 1. The van der Waals surface area contributed by atoms with E-state index in [1.807, 2.05) is 24.4 Å². The van der Waals surface area contributed by atoms with Crippen molar-refractivity contribution in [3.8, 4) is 11.5 Å². The molecular formula is C22H30IN5O2. The van der Waals surface area contributed by atoms with Gasteiger partial charge in [0.05, 0.1) is 19.8 Å². The molecule has 3 N–H and O–H groups in total. The first-order valence-corrected chi connectivity index (χ1v) is 10.4. The molecule has 0 saturated carbocycles. The number of anilines is 2. The van der Waals surface area contributed by atoms with Gasteiger partial charge in [-0.05, 0) is 36.6 Å². The SMILES string of the molecule is I.NC(=NCc1ccc(N2CCCCCC2)nc1)Nc1ccc2c(c1)OCCCO2. The van der Waals surface area contributed by atoms with Crippen LogP contribution in [-0.4, -0.2) is 37.2 Å². The Morgan fingerprint density at radius 3 is 2.50 bits per heavy atom. The number of aliphatic imine (C=N–C) groups is 1. The van der Waals surface area contributed by atoms with Crippen molar-refractivity contribution < 1.29 is 9.47 Å². The summed E-state index contributed by atoms with van der Waals surface area (Å²) in [6, 6.07) is 9.86. The Kier molecular flexibility index (Phi) is 8.41. The molecule has 2 aliphatic rings. The maximum Gasteiger partial charge on any atom is 0.193 e. The number of fused-ring (bicyclic) bond motifs is 1. The summed E-state index contributed by atoms with van der Waals surface area (Å²) in [7, 11) is 0. The lowest BCUT2D eigenvalue weighted by molar-refractivity contribution is 0.297. The van der Waals surface area contributed by atoms with Crippen molar-refractivity contribution in [1.82, 2.24) is 4.98 Å². The Morgan fingerprint density at radius 1 is 1.00 bits per heavy atom. The number of nitrogens with zero attached hydrogens (tertiary/aromatic N) is 3. The van der Waals surface area contributed by atoms with Crippen molar-refractivity contribution in [2.45, 2.75) is 38.6 Å². The van der Waals surface area contributed by atoms with Crippen LogP contribution in [0.4, 0.5) is 11.5 Å². The van der Waals surface area contributed by atoms with E-state index in [1.165, 1.54) is 25.7 Å². The van der Waals surface area contributed by atoms with Crippen LogP contribution < -0.4 is 25.4 Å². The molecule has 0 spiro atoms. The van der Waals surface area contributed by atoms with E-state index >= 15 is 0 Å². The molecule has 162 valence electrons. The van der Waals surface area contributed by atoms with E-state index < -0.39 is 0 Å². The molecule has 0 atom stereocenters. The molecule has 3 heterocycles. The van der Waals surface area contributed by atoms with Gasteiger partial charge in [0.15, 0.2) is 17.5 Å². The first-order chi connectivity index (χ1) is 14.3. The lowest BCUT2D eigenvalue weighted by atomic mass is 10.2. The number of benzene rings is 1. The van der Waals surface area contributed by atoms with Gasteiger partial charge in [0.25, 0.3) is 0 Å². The van der Waals surface area contributed by atoms with Crippen LogP contribution in [0.25, 0.3) is 0 Å². The third-order valence-corrected chi connectivity index (χ3v) is 5.19. The minimum Gasteiger partial charge on any atom is -0.490 e. The largest absolute Gasteiger partial charge is 0.490 e. The molecule has 1 saturated heterocycles. The molecule has 7 nitrogen and oxygen atoms in total. The minimum atomic E-state index is 0. The molecule has 0 radical (unpaired) electrons. The summed E-state index contributed by atoms with van der Waals surface area (Å²) in [5.41, 5.74) is 7.92. The second-order valence-electron chi connectivity index (χ2n) is 7.46. The third kappa shape index (κ3) is 6.13.